The summed E-state index contributed by atoms with van der Waals surface area (Å²) in [7, 11) is 0. The van der Waals surface area contributed by atoms with E-state index in [-0.39, 0.29) is 22.3 Å². The highest BCUT2D eigenvalue weighted by Crippen LogP contribution is 2.40. The number of hydrogen-bond donors (Lipinski definition) is 0. The third-order valence-corrected chi connectivity index (χ3v) is 5.29. The van der Waals surface area contributed by atoms with E-state index in [2.05, 4.69) is 19.7 Å². The predicted octanol–water partition coefficient (Wildman–Crippen LogP) is 4.68. The monoisotopic (exact) mass is 424 g/mol. The summed E-state index contributed by atoms with van der Waals surface area (Å²) >= 11 is 6.22. The quantitative estimate of drug-likeness (QED) is 0.608. The average molecular weight is 425 g/mol. The van der Waals surface area contributed by atoms with Crippen LogP contribution in [0.1, 0.15) is 31.5 Å². The van der Waals surface area contributed by atoms with E-state index in [9.17, 15) is 18.0 Å². The molecule has 0 N–H and O–H groups in total. The van der Waals surface area contributed by atoms with E-state index in [1.165, 1.54) is 12.4 Å². The van der Waals surface area contributed by atoms with Crippen LogP contribution >= 0.6 is 11.6 Å². The van der Waals surface area contributed by atoms with Crippen molar-refractivity contribution in [1.82, 2.24) is 19.5 Å². The Bertz CT molecular complexity index is 1160. The Balaban J connectivity index is 1.88. The second-order valence-electron chi connectivity index (χ2n) is 7.03. The van der Waals surface area contributed by atoms with Gasteiger partial charge in [-0.15, -0.1) is 13.2 Å². The molecule has 0 aliphatic heterocycles. The molecule has 1 aliphatic rings. The van der Waals surface area contributed by atoms with E-state index >= 15 is 0 Å². The lowest BCUT2D eigenvalue weighted by molar-refractivity contribution is -0.274. The van der Waals surface area contributed by atoms with Crippen LogP contribution in [0.3, 0.4) is 0 Å². The van der Waals surface area contributed by atoms with Crippen LogP contribution in [-0.2, 0) is 0 Å². The lowest BCUT2D eigenvalue weighted by Crippen LogP contribution is -2.28. The van der Waals surface area contributed by atoms with Crippen LogP contribution in [0.2, 0.25) is 5.02 Å². The van der Waals surface area contributed by atoms with Crippen LogP contribution in [0.4, 0.5) is 13.2 Å². The molecule has 4 rings (SSSR count). The molecule has 1 unspecified atom stereocenters. The molecule has 0 saturated heterocycles. The number of aromatic nitrogens is 4. The van der Waals surface area contributed by atoms with Crippen molar-refractivity contribution in [2.24, 2.45) is 5.92 Å². The van der Waals surface area contributed by atoms with Crippen LogP contribution in [-0.4, -0.2) is 25.9 Å². The molecule has 10 heteroatoms. The van der Waals surface area contributed by atoms with Gasteiger partial charge in [0.25, 0.3) is 5.56 Å². The molecule has 1 fully saturated rings. The number of fused-ring (bicyclic) bond motifs is 1. The Hall–Kier alpha value is -2.68. The van der Waals surface area contributed by atoms with Gasteiger partial charge in [0.15, 0.2) is 5.65 Å². The Morgan fingerprint density at radius 2 is 2.00 bits per heavy atom. The van der Waals surface area contributed by atoms with Crippen molar-refractivity contribution in [2.45, 2.75) is 39.1 Å². The molecular formula is C19H16ClF3N4O2. The number of nitrogens with zero attached hydrogens (tertiary/aromatic N) is 4. The number of alkyl halides is 3. The van der Waals surface area contributed by atoms with Crippen LogP contribution < -0.4 is 10.3 Å². The van der Waals surface area contributed by atoms with E-state index in [0.717, 1.165) is 25.0 Å². The van der Waals surface area contributed by atoms with E-state index in [1.807, 2.05) is 6.92 Å². The van der Waals surface area contributed by atoms with Crippen molar-refractivity contribution in [3.05, 3.63) is 45.6 Å². The van der Waals surface area contributed by atoms with Gasteiger partial charge in [-0.2, -0.15) is 0 Å². The second kappa shape index (κ2) is 6.98. The smallest absolute Gasteiger partial charge is 0.406 e. The van der Waals surface area contributed by atoms with Crippen LogP contribution in [0, 0.1) is 12.8 Å². The van der Waals surface area contributed by atoms with Gasteiger partial charge >= 0.3 is 6.36 Å². The van der Waals surface area contributed by atoms with Crippen LogP contribution in [0.25, 0.3) is 22.4 Å². The maximum Gasteiger partial charge on any atom is 0.573 e. The molecule has 6 nitrogen and oxygen atoms in total. The first kappa shape index (κ1) is 19.6. The second-order valence-corrected chi connectivity index (χ2v) is 7.44. The number of rotatable bonds is 4. The van der Waals surface area contributed by atoms with Gasteiger partial charge < -0.3 is 4.74 Å². The lowest BCUT2D eigenvalue weighted by Gasteiger charge is -2.18. The minimum atomic E-state index is -4.82. The predicted molar refractivity (Wildman–Crippen MR) is 101 cm³/mol. The highest BCUT2D eigenvalue weighted by molar-refractivity contribution is 6.33. The van der Waals surface area contributed by atoms with Crippen molar-refractivity contribution in [2.75, 3.05) is 0 Å². The molecule has 1 aliphatic carbocycles. The summed E-state index contributed by atoms with van der Waals surface area (Å²) in [5.41, 5.74) is 1.50. The van der Waals surface area contributed by atoms with Gasteiger partial charge in [-0.05, 0) is 50.8 Å². The van der Waals surface area contributed by atoms with E-state index in [1.54, 1.807) is 11.5 Å². The van der Waals surface area contributed by atoms with Gasteiger partial charge in [0, 0.05) is 11.6 Å². The number of halogens is 4. The summed E-state index contributed by atoms with van der Waals surface area (Å²) < 4.78 is 42.9. The molecule has 1 saturated carbocycles. The van der Waals surface area contributed by atoms with Gasteiger partial charge in [0.2, 0.25) is 0 Å². The minimum absolute atomic E-state index is 0.0131. The zero-order chi connectivity index (χ0) is 20.9. The molecule has 0 amide bonds. The summed E-state index contributed by atoms with van der Waals surface area (Å²) in [5, 5.41) is 0.0131. The van der Waals surface area contributed by atoms with Crippen molar-refractivity contribution in [1.29, 1.82) is 0 Å². The molecule has 2 heterocycles. The summed E-state index contributed by atoms with van der Waals surface area (Å²) in [4.78, 5) is 25.6. The minimum Gasteiger partial charge on any atom is -0.406 e. The van der Waals surface area contributed by atoms with Gasteiger partial charge in [0.1, 0.15) is 29.0 Å². The van der Waals surface area contributed by atoms with E-state index in [0.29, 0.717) is 28.3 Å². The van der Waals surface area contributed by atoms with Crippen molar-refractivity contribution in [3.8, 4) is 17.0 Å². The first-order chi connectivity index (χ1) is 13.7. The van der Waals surface area contributed by atoms with Gasteiger partial charge in [-0.3, -0.25) is 9.36 Å². The fourth-order valence-electron chi connectivity index (χ4n) is 3.38. The van der Waals surface area contributed by atoms with Gasteiger partial charge in [-0.25, -0.2) is 15.0 Å². The average Bonchev–Trinajstić information content (AvgIpc) is 3.46. The largest absolute Gasteiger partial charge is 0.573 e. The lowest BCUT2D eigenvalue weighted by atomic mass is 10.1. The van der Waals surface area contributed by atoms with Gasteiger partial charge in [-0.1, -0.05) is 11.6 Å². The molecule has 3 aromatic rings. The fourth-order valence-corrected chi connectivity index (χ4v) is 3.64. The third kappa shape index (κ3) is 3.78. The summed E-state index contributed by atoms with van der Waals surface area (Å²) in [5.74, 6) is -0.0356. The third-order valence-electron chi connectivity index (χ3n) is 4.98. The molecule has 0 bridgehead atoms. The summed E-state index contributed by atoms with van der Waals surface area (Å²) in [6, 6.07) is 3.54. The van der Waals surface area contributed by atoms with Crippen molar-refractivity contribution in [3.63, 3.8) is 0 Å². The highest BCUT2D eigenvalue weighted by Gasteiger charge is 2.33. The molecule has 0 spiro atoms. The van der Waals surface area contributed by atoms with Crippen LogP contribution in [0.5, 0.6) is 5.75 Å². The maximum atomic E-state index is 12.7. The van der Waals surface area contributed by atoms with Crippen molar-refractivity contribution < 1.29 is 17.9 Å². The molecule has 1 aromatic carbocycles. The molecule has 2 aromatic heterocycles. The standard InChI is InChI=1S/C19H16ClF3N4O2/c1-9-18(28)27(10(2)11-3-4-11)17-16(26-9)15(24-8-25-17)13-6-5-12(7-14(13)20)29-19(21,22)23/h5-8,10-11H,3-4H2,1-2H3. The summed E-state index contributed by atoms with van der Waals surface area (Å²) in [6.45, 7) is 3.58. The first-order valence-electron chi connectivity index (χ1n) is 8.95. The van der Waals surface area contributed by atoms with E-state index < -0.39 is 12.1 Å². The Morgan fingerprint density at radius 1 is 1.28 bits per heavy atom. The van der Waals surface area contributed by atoms with E-state index in [4.69, 9.17) is 11.6 Å². The number of aryl methyl sites for hydroxylation is 1. The highest BCUT2D eigenvalue weighted by atomic mass is 35.5. The molecule has 1 atom stereocenters. The van der Waals surface area contributed by atoms with Gasteiger partial charge in [0.05, 0.1) is 5.02 Å². The Kier molecular flexibility index (Phi) is 4.72. The first-order valence-corrected chi connectivity index (χ1v) is 9.33. The molecule has 0 radical (unpaired) electrons. The topological polar surface area (TPSA) is 69.9 Å². The summed E-state index contributed by atoms with van der Waals surface area (Å²) in [6.07, 6.45) is -1.44. The maximum absolute atomic E-state index is 12.7. The SMILES string of the molecule is Cc1nc2c(-c3ccc(OC(F)(F)F)cc3Cl)ncnc2n(C(C)C2CC2)c1=O. The van der Waals surface area contributed by atoms with Crippen LogP contribution in [0.15, 0.2) is 29.3 Å². The Morgan fingerprint density at radius 3 is 2.62 bits per heavy atom. The molecule has 152 valence electrons. The zero-order valence-electron chi connectivity index (χ0n) is 15.5. The number of benzene rings is 1. The fraction of sp³-hybridized carbons (Fsp3) is 0.368. The number of hydrogen-bond acceptors (Lipinski definition) is 5. The van der Waals surface area contributed by atoms with Crippen molar-refractivity contribution >= 4 is 22.8 Å². The molecular weight excluding hydrogens is 409 g/mol. The molecule has 29 heavy (non-hydrogen) atoms. The normalized spacial score (nSPS) is 15.5. The zero-order valence-corrected chi connectivity index (χ0v) is 16.3. The number of ether oxygens (including phenoxy) is 1. The Labute approximate surface area is 168 Å².